The Morgan fingerprint density at radius 2 is 2.18 bits per heavy atom. The molecule has 114 valence electrons. The first-order chi connectivity index (χ1) is 10.7. The number of benzene rings is 1. The molecule has 0 fully saturated rings. The number of imidazole rings is 1. The molecule has 0 N–H and O–H groups in total. The molecule has 3 heterocycles. The molecule has 4 rings (SSSR count). The molecule has 0 amide bonds. The van der Waals surface area contributed by atoms with Gasteiger partial charge in [-0.2, -0.15) is 5.10 Å². The number of rotatable bonds is 2. The first kappa shape index (κ1) is 13.8. The highest BCUT2D eigenvalue weighted by Gasteiger charge is 2.18. The zero-order valence-corrected chi connectivity index (χ0v) is 13.3. The van der Waals surface area contributed by atoms with Crippen LogP contribution in [0.3, 0.4) is 0 Å². The largest absolute Gasteiger partial charge is 0.333 e. The van der Waals surface area contributed by atoms with Gasteiger partial charge in [0.1, 0.15) is 0 Å². The molecule has 22 heavy (non-hydrogen) atoms. The number of halogens is 1. The monoisotopic (exact) mass is 315 g/mol. The van der Waals surface area contributed by atoms with E-state index in [0.717, 1.165) is 54.2 Å². The third-order valence-electron chi connectivity index (χ3n) is 4.33. The van der Waals surface area contributed by atoms with Crippen LogP contribution in [0.15, 0.2) is 30.7 Å². The summed E-state index contributed by atoms with van der Waals surface area (Å²) in [5, 5.41) is 6.54. The van der Waals surface area contributed by atoms with Gasteiger partial charge in [-0.3, -0.25) is 9.58 Å². The Morgan fingerprint density at radius 3 is 3.09 bits per heavy atom. The van der Waals surface area contributed by atoms with E-state index in [1.54, 1.807) is 0 Å². The normalized spacial score (nSPS) is 15.9. The minimum atomic E-state index is 0.778. The van der Waals surface area contributed by atoms with Gasteiger partial charge in [-0.05, 0) is 18.6 Å². The Balaban J connectivity index is 1.67. The summed E-state index contributed by atoms with van der Waals surface area (Å²) in [6.07, 6.45) is 5.01. The smallest absolute Gasteiger partial charge is 0.0948 e. The van der Waals surface area contributed by atoms with E-state index in [0.29, 0.717) is 0 Å². The molecular weight excluding hydrogens is 298 g/mol. The molecule has 5 nitrogen and oxygen atoms in total. The molecule has 0 saturated heterocycles. The summed E-state index contributed by atoms with van der Waals surface area (Å²) in [4.78, 5) is 6.67. The molecular formula is C16H18ClN5. The van der Waals surface area contributed by atoms with Crippen molar-refractivity contribution in [2.24, 2.45) is 7.05 Å². The van der Waals surface area contributed by atoms with Gasteiger partial charge in [0.15, 0.2) is 0 Å². The lowest BCUT2D eigenvalue weighted by Gasteiger charge is -2.18. The fourth-order valence-corrected chi connectivity index (χ4v) is 3.54. The first-order valence-corrected chi connectivity index (χ1v) is 7.91. The van der Waals surface area contributed by atoms with Crippen molar-refractivity contribution in [2.75, 3.05) is 6.54 Å². The van der Waals surface area contributed by atoms with Gasteiger partial charge < -0.3 is 4.57 Å². The van der Waals surface area contributed by atoms with Crippen molar-refractivity contribution in [3.05, 3.63) is 47.1 Å². The van der Waals surface area contributed by atoms with E-state index in [-0.39, 0.29) is 0 Å². The van der Waals surface area contributed by atoms with E-state index >= 15 is 0 Å². The zero-order chi connectivity index (χ0) is 15.1. The maximum absolute atomic E-state index is 6.40. The van der Waals surface area contributed by atoms with Crippen molar-refractivity contribution >= 4 is 22.5 Å². The molecule has 0 unspecified atom stereocenters. The topological polar surface area (TPSA) is 38.9 Å². The lowest BCUT2D eigenvalue weighted by molar-refractivity contribution is 0.258. The second kappa shape index (κ2) is 5.41. The summed E-state index contributed by atoms with van der Waals surface area (Å²) < 4.78 is 4.15. The molecule has 6 heteroatoms. The molecule has 0 spiro atoms. The Morgan fingerprint density at radius 1 is 1.27 bits per heavy atom. The molecule has 2 aromatic heterocycles. The van der Waals surface area contributed by atoms with Crippen molar-refractivity contribution in [1.82, 2.24) is 24.2 Å². The molecule has 1 aliphatic heterocycles. The van der Waals surface area contributed by atoms with Crippen LogP contribution in [0, 0.1) is 0 Å². The van der Waals surface area contributed by atoms with Gasteiger partial charge in [-0.25, -0.2) is 4.98 Å². The third kappa shape index (κ3) is 2.30. The maximum Gasteiger partial charge on any atom is 0.0948 e. The summed E-state index contributed by atoms with van der Waals surface area (Å²) in [6.45, 7) is 3.81. The van der Waals surface area contributed by atoms with Crippen molar-refractivity contribution in [2.45, 2.75) is 26.1 Å². The number of hydrogen-bond acceptors (Lipinski definition) is 3. The van der Waals surface area contributed by atoms with E-state index in [1.807, 2.05) is 36.4 Å². The van der Waals surface area contributed by atoms with E-state index in [2.05, 4.69) is 25.6 Å². The summed E-state index contributed by atoms with van der Waals surface area (Å²) in [7, 11) is 1.97. The summed E-state index contributed by atoms with van der Waals surface area (Å²) in [5.41, 5.74) is 3.40. The standard InChI is InChI=1S/C16H18ClN5/c1-20-15-5-2-4-13(17)16(15)14(19-20)10-21-6-3-7-22-11-18-8-12(22)9-21/h2,4-5,8,11H,3,6-7,9-10H2,1H3. The van der Waals surface area contributed by atoms with Crippen LogP contribution in [0.2, 0.25) is 5.02 Å². The fraction of sp³-hybridized carbons (Fsp3) is 0.375. The van der Waals surface area contributed by atoms with E-state index in [9.17, 15) is 0 Å². The van der Waals surface area contributed by atoms with Crippen LogP contribution in [-0.4, -0.2) is 30.8 Å². The van der Waals surface area contributed by atoms with Gasteiger partial charge in [0.05, 0.1) is 28.3 Å². The maximum atomic E-state index is 6.40. The van der Waals surface area contributed by atoms with Crippen molar-refractivity contribution in [3.8, 4) is 0 Å². The average molecular weight is 316 g/mol. The molecule has 0 atom stereocenters. The molecule has 1 aromatic carbocycles. The SMILES string of the molecule is Cn1nc(CN2CCCn3cncc3C2)c2c(Cl)cccc21. The van der Waals surface area contributed by atoms with Gasteiger partial charge in [0.2, 0.25) is 0 Å². The fourth-order valence-electron chi connectivity index (χ4n) is 3.26. The van der Waals surface area contributed by atoms with Crippen LogP contribution in [0.4, 0.5) is 0 Å². The number of hydrogen-bond donors (Lipinski definition) is 0. The highest BCUT2D eigenvalue weighted by molar-refractivity contribution is 6.35. The number of fused-ring (bicyclic) bond motifs is 2. The molecule has 0 bridgehead atoms. The quantitative estimate of drug-likeness (QED) is 0.730. The lowest BCUT2D eigenvalue weighted by Crippen LogP contribution is -2.23. The Bertz CT molecular complexity index is 819. The van der Waals surface area contributed by atoms with Gasteiger partial charge >= 0.3 is 0 Å². The highest BCUT2D eigenvalue weighted by Crippen LogP contribution is 2.27. The predicted octanol–water partition coefficient (Wildman–Crippen LogP) is 2.83. The minimum absolute atomic E-state index is 0.778. The van der Waals surface area contributed by atoms with E-state index in [4.69, 9.17) is 11.6 Å². The van der Waals surface area contributed by atoms with Crippen LogP contribution in [-0.2, 0) is 26.7 Å². The highest BCUT2D eigenvalue weighted by atomic mass is 35.5. The second-order valence-electron chi connectivity index (χ2n) is 5.85. The molecule has 0 radical (unpaired) electrons. The molecule has 1 aliphatic rings. The summed E-state index contributed by atoms with van der Waals surface area (Å²) in [5.74, 6) is 0. The third-order valence-corrected chi connectivity index (χ3v) is 4.65. The van der Waals surface area contributed by atoms with E-state index < -0.39 is 0 Å². The Kier molecular flexibility index (Phi) is 3.39. The number of aromatic nitrogens is 4. The Labute approximate surface area is 134 Å². The number of aryl methyl sites for hydroxylation is 2. The second-order valence-corrected chi connectivity index (χ2v) is 6.25. The van der Waals surface area contributed by atoms with Crippen LogP contribution in [0.1, 0.15) is 17.8 Å². The summed E-state index contributed by atoms with van der Waals surface area (Å²) in [6, 6.07) is 5.97. The van der Waals surface area contributed by atoms with Gasteiger partial charge in [0, 0.05) is 44.8 Å². The zero-order valence-electron chi connectivity index (χ0n) is 12.5. The molecule has 3 aromatic rings. The van der Waals surface area contributed by atoms with Crippen LogP contribution < -0.4 is 0 Å². The Hall–Kier alpha value is -1.85. The first-order valence-electron chi connectivity index (χ1n) is 7.54. The van der Waals surface area contributed by atoms with Gasteiger partial charge in [0.25, 0.3) is 0 Å². The molecule has 0 aliphatic carbocycles. The number of nitrogens with zero attached hydrogens (tertiary/aromatic N) is 5. The lowest BCUT2D eigenvalue weighted by atomic mass is 10.2. The minimum Gasteiger partial charge on any atom is -0.333 e. The predicted molar refractivity (Wildman–Crippen MR) is 86.7 cm³/mol. The van der Waals surface area contributed by atoms with Gasteiger partial charge in [-0.1, -0.05) is 17.7 Å². The van der Waals surface area contributed by atoms with Crippen LogP contribution >= 0.6 is 11.6 Å². The average Bonchev–Trinajstić information content (AvgIpc) is 3.00. The molecule has 0 saturated carbocycles. The van der Waals surface area contributed by atoms with E-state index in [1.165, 1.54) is 5.69 Å². The van der Waals surface area contributed by atoms with Crippen molar-refractivity contribution in [3.63, 3.8) is 0 Å². The summed E-state index contributed by atoms with van der Waals surface area (Å²) >= 11 is 6.40. The van der Waals surface area contributed by atoms with Crippen molar-refractivity contribution in [1.29, 1.82) is 0 Å². The van der Waals surface area contributed by atoms with Crippen LogP contribution in [0.5, 0.6) is 0 Å². The van der Waals surface area contributed by atoms with Gasteiger partial charge in [-0.15, -0.1) is 0 Å². The van der Waals surface area contributed by atoms with Crippen LogP contribution in [0.25, 0.3) is 10.9 Å². The van der Waals surface area contributed by atoms with Crippen molar-refractivity contribution < 1.29 is 0 Å².